The monoisotopic (exact) mass is 786 g/mol. The van der Waals surface area contributed by atoms with Gasteiger partial charge in [0.1, 0.15) is 0 Å². The quantitative estimate of drug-likeness (QED) is 0.105. The molecule has 20 heteroatoms. The number of nitrogens with zero attached hydrogens (tertiary/aromatic N) is 10. The van der Waals surface area contributed by atoms with E-state index in [1.165, 1.54) is 58.3 Å². The Balaban J connectivity index is 0.000000154. The molecule has 52 heavy (non-hydrogen) atoms. The minimum Gasteiger partial charge on any atom is -0.350 e. The summed E-state index contributed by atoms with van der Waals surface area (Å²) < 4.78 is 2.86. The molecule has 1 aliphatic rings. The van der Waals surface area contributed by atoms with Gasteiger partial charge in [-0.2, -0.15) is 0 Å². The lowest BCUT2D eigenvalue weighted by molar-refractivity contribution is -0.384. The summed E-state index contributed by atoms with van der Waals surface area (Å²) in [5.74, 6) is 0. The van der Waals surface area contributed by atoms with Crippen molar-refractivity contribution in [2.24, 2.45) is 0 Å². The Kier molecular flexibility index (Phi) is 12.4. The first-order chi connectivity index (χ1) is 24.7. The molecule has 1 aliphatic heterocycles. The van der Waals surface area contributed by atoms with Crippen molar-refractivity contribution in [1.82, 2.24) is 24.8 Å². The van der Waals surface area contributed by atoms with Crippen molar-refractivity contribution < 1.29 is 14.8 Å². The van der Waals surface area contributed by atoms with E-state index in [-0.39, 0.29) is 26.9 Å². The van der Waals surface area contributed by atoms with Crippen LogP contribution in [0, 0.1) is 30.3 Å². The zero-order chi connectivity index (χ0) is 37.7. The van der Waals surface area contributed by atoms with Gasteiger partial charge in [-0.05, 0) is 52.8 Å². The second-order valence-electron chi connectivity index (χ2n) is 12.3. The number of rotatable bonds is 9. The van der Waals surface area contributed by atoms with Crippen molar-refractivity contribution in [3.63, 3.8) is 0 Å². The van der Waals surface area contributed by atoms with Crippen molar-refractivity contribution in [2.45, 2.75) is 12.5 Å². The second kappa shape index (κ2) is 16.8. The number of likely N-dealkylation sites (N-methyl/N-ethyl adjacent to an activating group) is 3. The Labute approximate surface area is 314 Å². The van der Waals surface area contributed by atoms with Gasteiger partial charge in [0.05, 0.1) is 45.4 Å². The number of fused-ring (bicyclic) bond motifs is 3. The lowest BCUT2D eigenvalue weighted by atomic mass is 10.2. The molecule has 1 fully saturated rings. The highest BCUT2D eigenvalue weighted by molar-refractivity contribution is 7.22. The lowest BCUT2D eigenvalue weighted by Crippen LogP contribution is -2.31. The van der Waals surface area contributed by atoms with Gasteiger partial charge in [0.15, 0.2) is 14.7 Å². The normalized spacial score (nSPS) is 14.1. The van der Waals surface area contributed by atoms with Crippen LogP contribution >= 0.6 is 45.6 Å². The molecule has 7 rings (SSSR count). The molecule has 0 radical (unpaired) electrons. The van der Waals surface area contributed by atoms with E-state index in [0.717, 1.165) is 68.0 Å². The fraction of sp³-hybridized carbons (Fsp3) is 0.344. The van der Waals surface area contributed by atoms with Gasteiger partial charge < -0.3 is 19.6 Å². The fourth-order valence-corrected chi connectivity index (χ4v) is 8.19. The van der Waals surface area contributed by atoms with E-state index in [9.17, 15) is 30.3 Å². The first-order valence-electron chi connectivity index (χ1n) is 15.8. The number of non-ortho nitro benzene ring substituents is 3. The van der Waals surface area contributed by atoms with Crippen molar-refractivity contribution in [2.75, 3.05) is 71.2 Å². The highest BCUT2D eigenvalue weighted by atomic mass is 35.5. The van der Waals surface area contributed by atoms with Gasteiger partial charge in [-0.3, -0.25) is 30.3 Å². The molecule has 16 nitrogen and oxygen atoms in total. The Hall–Kier alpha value is -4.66. The number of halogens is 1. The molecule has 274 valence electrons. The lowest BCUT2D eigenvalue weighted by Gasteiger charge is -2.19. The van der Waals surface area contributed by atoms with E-state index in [2.05, 4.69) is 48.6 Å². The smallest absolute Gasteiger partial charge is 0.270 e. The third-order valence-corrected chi connectivity index (χ3v) is 11.4. The predicted molar refractivity (Wildman–Crippen MR) is 210 cm³/mol. The van der Waals surface area contributed by atoms with E-state index in [4.69, 9.17) is 11.6 Å². The highest BCUT2D eigenvalue weighted by Gasteiger charge is 2.26. The summed E-state index contributed by atoms with van der Waals surface area (Å²) in [6.45, 7) is 3.77. The first kappa shape index (κ1) is 38.6. The SMILES string of the molecule is CN(C)CCN(C)c1nc2ccc([N+](=O)[O-])cc2s1.CN(C)[C@@H]1CCN(c2nc3ccc([N+](=O)[O-])cc3s2)C1.O=[N+]([O-])c1ccc2nc(Cl)sc2c1. The molecule has 6 aromatic rings. The van der Waals surface area contributed by atoms with Gasteiger partial charge in [-0.1, -0.05) is 34.3 Å². The van der Waals surface area contributed by atoms with Crippen LogP contribution in [0.4, 0.5) is 27.3 Å². The van der Waals surface area contributed by atoms with Gasteiger partial charge in [-0.15, -0.1) is 11.3 Å². The van der Waals surface area contributed by atoms with E-state index in [1.54, 1.807) is 30.3 Å². The average Bonchev–Trinajstić information content (AvgIpc) is 3.90. The molecule has 3 aromatic carbocycles. The number of hydrogen-bond acceptors (Lipinski definition) is 16. The number of thiazole rings is 3. The van der Waals surface area contributed by atoms with Crippen LogP contribution in [0.2, 0.25) is 4.47 Å². The van der Waals surface area contributed by atoms with Crippen LogP contribution in [0.25, 0.3) is 30.6 Å². The van der Waals surface area contributed by atoms with Gasteiger partial charge in [0.25, 0.3) is 17.1 Å². The van der Waals surface area contributed by atoms with Crippen LogP contribution in [0.1, 0.15) is 6.42 Å². The zero-order valence-corrected chi connectivity index (χ0v) is 32.0. The fourth-order valence-electron chi connectivity index (χ4n) is 5.11. The molecule has 0 unspecified atom stereocenters. The maximum absolute atomic E-state index is 10.8. The molecule has 0 spiro atoms. The van der Waals surface area contributed by atoms with Gasteiger partial charge in [-0.25, -0.2) is 15.0 Å². The number of nitro benzene ring substituents is 3. The third-order valence-electron chi connectivity index (χ3n) is 8.07. The Morgan fingerprint density at radius 3 is 1.73 bits per heavy atom. The summed E-state index contributed by atoms with van der Waals surface area (Å²) in [6.07, 6.45) is 1.13. The molecular formula is C32H35ClN10O6S3. The number of nitro groups is 3. The van der Waals surface area contributed by atoms with Crippen LogP contribution in [0.5, 0.6) is 0 Å². The average molecular weight is 787 g/mol. The number of aromatic nitrogens is 3. The van der Waals surface area contributed by atoms with E-state index >= 15 is 0 Å². The molecule has 4 heterocycles. The number of hydrogen-bond donors (Lipinski definition) is 0. The van der Waals surface area contributed by atoms with Crippen molar-refractivity contribution in [3.05, 3.63) is 89.4 Å². The largest absolute Gasteiger partial charge is 0.350 e. The molecule has 1 atom stereocenters. The molecule has 0 bridgehead atoms. The highest BCUT2D eigenvalue weighted by Crippen LogP contribution is 2.34. The summed E-state index contributed by atoms with van der Waals surface area (Å²) >= 11 is 9.90. The molecular weight excluding hydrogens is 752 g/mol. The summed E-state index contributed by atoms with van der Waals surface area (Å²) in [4.78, 5) is 52.5. The van der Waals surface area contributed by atoms with E-state index in [1.807, 2.05) is 21.1 Å². The predicted octanol–water partition coefficient (Wildman–Crippen LogP) is 7.41. The Morgan fingerprint density at radius 2 is 1.23 bits per heavy atom. The standard InChI is InChI=1S/C13H16N4O2S.C12H16N4O2S.C7H3ClN2O2S/c1-15(2)10-5-6-16(8-10)13-14-11-4-3-9(17(18)19)7-12(11)20-13;1-14(2)6-7-15(3)12-13-10-5-4-9(16(17)18)8-11(10)19-12;8-7-9-5-2-1-4(10(11)12)3-6(5)13-7/h3-4,7,10H,5-6,8H2,1-2H3;4-5,8H,6-7H2,1-3H3;1-3H/t10-;;/m1../s1. The van der Waals surface area contributed by atoms with Crippen molar-refractivity contribution >= 4 is 104 Å². The van der Waals surface area contributed by atoms with Crippen LogP contribution in [-0.2, 0) is 0 Å². The molecule has 3 aromatic heterocycles. The van der Waals surface area contributed by atoms with Crippen LogP contribution in [0.3, 0.4) is 0 Å². The molecule has 1 saturated heterocycles. The van der Waals surface area contributed by atoms with Gasteiger partial charge in [0.2, 0.25) is 0 Å². The minimum atomic E-state index is -0.437. The summed E-state index contributed by atoms with van der Waals surface area (Å²) in [5, 5.41) is 33.8. The van der Waals surface area contributed by atoms with E-state index in [0.29, 0.717) is 16.0 Å². The van der Waals surface area contributed by atoms with Crippen LogP contribution in [-0.4, -0.2) is 107 Å². The Morgan fingerprint density at radius 1 is 0.731 bits per heavy atom. The Bertz CT molecular complexity index is 2230. The zero-order valence-electron chi connectivity index (χ0n) is 28.8. The molecule has 0 N–H and O–H groups in total. The van der Waals surface area contributed by atoms with Gasteiger partial charge >= 0.3 is 0 Å². The topological polar surface area (TPSA) is 181 Å². The molecule has 0 saturated carbocycles. The third kappa shape index (κ3) is 9.60. The summed E-state index contributed by atoms with van der Waals surface area (Å²) in [7, 11) is 10.2. The first-order valence-corrected chi connectivity index (χ1v) is 18.6. The summed E-state index contributed by atoms with van der Waals surface area (Å²) in [6, 6.07) is 14.7. The maximum atomic E-state index is 10.8. The van der Waals surface area contributed by atoms with Crippen molar-refractivity contribution in [3.8, 4) is 0 Å². The summed E-state index contributed by atoms with van der Waals surface area (Å²) in [5.41, 5.74) is 2.64. The van der Waals surface area contributed by atoms with Crippen LogP contribution in [0.15, 0.2) is 54.6 Å². The number of anilines is 2. The maximum Gasteiger partial charge on any atom is 0.270 e. The molecule has 0 amide bonds. The van der Waals surface area contributed by atoms with Gasteiger partial charge in [0, 0.05) is 75.7 Å². The van der Waals surface area contributed by atoms with E-state index < -0.39 is 4.92 Å². The van der Waals surface area contributed by atoms with Crippen molar-refractivity contribution in [1.29, 1.82) is 0 Å². The number of benzene rings is 3. The molecule has 0 aliphatic carbocycles. The minimum absolute atomic E-state index is 0.0628. The van der Waals surface area contributed by atoms with Crippen LogP contribution < -0.4 is 9.80 Å². The second-order valence-corrected chi connectivity index (χ2v) is 15.9.